The van der Waals surface area contributed by atoms with Crippen LogP contribution >= 0.6 is 7.60 Å². The summed E-state index contributed by atoms with van der Waals surface area (Å²) in [6.07, 6.45) is 0.00945. The van der Waals surface area contributed by atoms with Gasteiger partial charge in [-0.3, -0.25) is 14.7 Å². The molecule has 0 heterocycles. The maximum absolute atomic E-state index is 12.8. The highest BCUT2D eigenvalue weighted by molar-refractivity contribution is 7.54. The first-order chi connectivity index (χ1) is 12.4. The Morgan fingerprint density at radius 2 is 1.65 bits per heavy atom. The molecule has 0 unspecified atom stereocenters. The Balaban J connectivity index is 2.25. The second kappa shape index (κ2) is 8.71. The van der Waals surface area contributed by atoms with Crippen LogP contribution in [0.3, 0.4) is 0 Å². The maximum Gasteiger partial charge on any atom is 0.370 e. The van der Waals surface area contributed by atoms with Gasteiger partial charge in [-0.1, -0.05) is 30.3 Å². The molecule has 8 nitrogen and oxygen atoms in total. The summed E-state index contributed by atoms with van der Waals surface area (Å²) in [5, 5.41) is 10.7. The van der Waals surface area contributed by atoms with E-state index in [1.807, 2.05) is 0 Å². The third kappa shape index (κ3) is 4.76. The van der Waals surface area contributed by atoms with E-state index in [1.54, 1.807) is 30.3 Å². The molecule has 9 heteroatoms. The molecule has 138 valence electrons. The lowest BCUT2D eigenvalue weighted by molar-refractivity contribution is -0.384. The molecule has 0 aliphatic carbocycles. The molecule has 26 heavy (non-hydrogen) atoms. The molecular weight excluding hydrogens is 361 g/mol. The van der Waals surface area contributed by atoms with Crippen LogP contribution in [-0.4, -0.2) is 31.0 Å². The second-order valence-corrected chi connectivity index (χ2v) is 7.64. The monoisotopic (exact) mass is 379 g/mol. The van der Waals surface area contributed by atoms with E-state index in [2.05, 4.69) is 0 Å². The van der Waals surface area contributed by atoms with E-state index in [0.717, 1.165) is 0 Å². The number of benzene rings is 2. The molecule has 0 fully saturated rings. The highest BCUT2D eigenvalue weighted by Crippen LogP contribution is 2.53. The molecule has 0 bridgehead atoms. The first-order valence-corrected chi connectivity index (χ1v) is 9.21. The summed E-state index contributed by atoms with van der Waals surface area (Å²) < 4.78 is 28.1. The van der Waals surface area contributed by atoms with Gasteiger partial charge in [0.2, 0.25) is 5.85 Å². The van der Waals surface area contributed by atoms with Gasteiger partial charge in [0.1, 0.15) is 0 Å². The van der Waals surface area contributed by atoms with Crippen molar-refractivity contribution in [1.29, 1.82) is 0 Å². The standard InChI is InChI=1S/C17H18NO7P/c1-23-26(22,24-2)16(25-17(19)14-6-4-3-5-7-14)12-13-8-10-15(11-9-13)18(20)21/h3-11,16H,12H2,1-2H3/t16-/m0/s1. The van der Waals surface area contributed by atoms with Gasteiger partial charge in [-0.05, 0) is 17.7 Å². The van der Waals surface area contributed by atoms with Gasteiger partial charge in [-0.2, -0.15) is 0 Å². The Morgan fingerprint density at radius 1 is 1.08 bits per heavy atom. The summed E-state index contributed by atoms with van der Waals surface area (Å²) in [7, 11) is -1.34. The largest absolute Gasteiger partial charge is 0.445 e. The van der Waals surface area contributed by atoms with E-state index < -0.39 is 24.3 Å². The zero-order valence-electron chi connectivity index (χ0n) is 14.2. The summed E-state index contributed by atoms with van der Waals surface area (Å²) in [5.74, 6) is -1.88. The summed E-state index contributed by atoms with van der Waals surface area (Å²) in [4.78, 5) is 22.5. The van der Waals surface area contributed by atoms with Crippen molar-refractivity contribution in [2.75, 3.05) is 14.2 Å². The van der Waals surface area contributed by atoms with Gasteiger partial charge in [0, 0.05) is 32.8 Å². The fourth-order valence-corrected chi connectivity index (χ4v) is 3.53. The summed E-state index contributed by atoms with van der Waals surface area (Å²) in [6.45, 7) is 0. The fraction of sp³-hybridized carbons (Fsp3) is 0.235. The first kappa shape index (κ1) is 19.8. The van der Waals surface area contributed by atoms with Gasteiger partial charge in [0.15, 0.2) is 0 Å². The second-order valence-electron chi connectivity index (χ2n) is 5.26. The highest BCUT2D eigenvalue weighted by Gasteiger charge is 2.38. The predicted octanol–water partition coefficient (Wildman–Crippen LogP) is 3.81. The zero-order chi connectivity index (χ0) is 19.2. The Labute approximate surface area is 150 Å². The van der Waals surface area contributed by atoms with Crippen molar-refractivity contribution in [3.8, 4) is 0 Å². The number of nitro groups is 1. The Kier molecular flexibility index (Phi) is 6.63. The molecule has 0 N–H and O–H groups in total. The Hall–Kier alpha value is -2.54. The topological polar surface area (TPSA) is 105 Å². The van der Waals surface area contributed by atoms with Crippen molar-refractivity contribution in [2.45, 2.75) is 12.3 Å². The van der Waals surface area contributed by atoms with Crippen LogP contribution in [-0.2, 0) is 24.8 Å². The molecule has 0 amide bonds. The molecule has 0 saturated carbocycles. The Bertz CT molecular complexity index is 800. The molecule has 0 aliphatic heterocycles. The number of non-ortho nitro benzene ring substituents is 1. The van der Waals surface area contributed by atoms with Crippen LogP contribution in [0, 0.1) is 10.1 Å². The lowest BCUT2D eigenvalue weighted by atomic mass is 10.1. The maximum atomic E-state index is 12.8. The van der Waals surface area contributed by atoms with Gasteiger partial charge in [0.25, 0.3) is 5.69 Å². The molecular formula is C17H18NO7P. The molecule has 2 rings (SSSR count). The van der Waals surface area contributed by atoms with Gasteiger partial charge in [0.05, 0.1) is 10.5 Å². The summed E-state index contributed by atoms with van der Waals surface area (Å²) in [6, 6.07) is 13.9. The minimum atomic E-state index is -3.74. The molecule has 0 aliphatic rings. The number of nitro benzene ring substituents is 1. The van der Waals surface area contributed by atoms with Crippen molar-refractivity contribution in [1.82, 2.24) is 0 Å². The van der Waals surface area contributed by atoms with E-state index >= 15 is 0 Å². The van der Waals surface area contributed by atoms with Crippen molar-refractivity contribution in [3.05, 3.63) is 75.8 Å². The van der Waals surface area contributed by atoms with Gasteiger partial charge >= 0.3 is 13.6 Å². The van der Waals surface area contributed by atoms with Crippen LogP contribution in [0.15, 0.2) is 54.6 Å². The minimum Gasteiger partial charge on any atom is -0.445 e. The smallest absolute Gasteiger partial charge is 0.370 e. The molecule has 2 aromatic carbocycles. The van der Waals surface area contributed by atoms with Gasteiger partial charge in [-0.25, -0.2) is 4.79 Å². The lowest BCUT2D eigenvalue weighted by Crippen LogP contribution is -2.22. The summed E-state index contributed by atoms with van der Waals surface area (Å²) >= 11 is 0. The fourth-order valence-electron chi connectivity index (χ4n) is 2.25. The van der Waals surface area contributed by atoms with Crippen molar-refractivity contribution >= 4 is 19.3 Å². The number of carbonyl (C=O) groups is 1. The Morgan fingerprint density at radius 3 is 2.15 bits per heavy atom. The zero-order valence-corrected chi connectivity index (χ0v) is 15.1. The van der Waals surface area contributed by atoms with E-state index in [4.69, 9.17) is 13.8 Å². The lowest BCUT2D eigenvalue weighted by Gasteiger charge is -2.24. The van der Waals surface area contributed by atoms with Crippen molar-refractivity contribution < 1.29 is 28.1 Å². The predicted molar refractivity (Wildman–Crippen MR) is 94.1 cm³/mol. The molecule has 0 saturated heterocycles. The molecule has 0 radical (unpaired) electrons. The van der Waals surface area contributed by atoms with Gasteiger partial charge < -0.3 is 13.8 Å². The number of rotatable bonds is 8. The normalized spacial score (nSPS) is 12.4. The summed E-state index contributed by atoms with van der Waals surface area (Å²) in [5.41, 5.74) is 0.795. The van der Waals surface area contributed by atoms with Crippen LogP contribution in [0.25, 0.3) is 0 Å². The third-order valence-corrected chi connectivity index (χ3v) is 5.68. The number of ether oxygens (including phenoxy) is 1. The van der Waals surface area contributed by atoms with E-state index in [9.17, 15) is 19.5 Å². The molecule has 0 spiro atoms. The van der Waals surface area contributed by atoms with E-state index in [1.165, 1.54) is 38.5 Å². The minimum absolute atomic E-state index is 0.00945. The van der Waals surface area contributed by atoms with Crippen LogP contribution < -0.4 is 0 Å². The van der Waals surface area contributed by atoms with Crippen LogP contribution in [0.2, 0.25) is 0 Å². The third-order valence-electron chi connectivity index (χ3n) is 3.67. The van der Waals surface area contributed by atoms with E-state index in [-0.39, 0.29) is 12.1 Å². The SMILES string of the molecule is COP(=O)(OC)[C@@H](Cc1ccc([N+](=O)[O-])cc1)OC(=O)c1ccccc1. The quantitative estimate of drug-likeness (QED) is 0.297. The van der Waals surface area contributed by atoms with Crippen molar-refractivity contribution in [3.63, 3.8) is 0 Å². The van der Waals surface area contributed by atoms with Gasteiger partial charge in [-0.15, -0.1) is 0 Å². The number of carbonyl (C=O) groups excluding carboxylic acids is 1. The number of hydrogen-bond acceptors (Lipinski definition) is 7. The number of hydrogen-bond donors (Lipinski definition) is 0. The van der Waals surface area contributed by atoms with Crippen LogP contribution in [0.5, 0.6) is 0 Å². The molecule has 0 aromatic heterocycles. The molecule has 2 aromatic rings. The molecule has 1 atom stereocenters. The van der Waals surface area contributed by atoms with Crippen LogP contribution in [0.4, 0.5) is 5.69 Å². The number of esters is 1. The average molecular weight is 379 g/mol. The average Bonchev–Trinajstić information content (AvgIpc) is 2.67. The number of nitrogens with zero attached hydrogens (tertiary/aromatic N) is 1. The van der Waals surface area contributed by atoms with Crippen molar-refractivity contribution in [2.24, 2.45) is 0 Å². The highest BCUT2D eigenvalue weighted by atomic mass is 31.2. The van der Waals surface area contributed by atoms with E-state index in [0.29, 0.717) is 11.1 Å². The van der Waals surface area contributed by atoms with Crippen LogP contribution in [0.1, 0.15) is 15.9 Å². The first-order valence-electron chi connectivity index (χ1n) is 7.60.